The summed E-state index contributed by atoms with van der Waals surface area (Å²) in [4.78, 5) is 34.5. The zero-order chi connectivity index (χ0) is 13.9. The van der Waals surface area contributed by atoms with Gasteiger partial charge in [0.15, 0.2) is 0 Å². The van der Waals surface area contributed by atoms with Gasteiger partial charge in [0.25, 0.3) is 0 Å². The second kappa shape index (κ2) is 5.46. The first kappa shape index (κ1) is 14.6. The number of hydrogen-bond acceptors (Lipinski definition) is 5. The molecule has 1 saturated carbocycles. The maximum absolute atomic E-state index is 11.9. The Hall–Kier alpha value is -1.46. The fourth-order valence-corrected chi connectivity index (χ4v) is 2.91. The van der Waals surface area contributed by atoms with Crippen LogP contribution >= 0.6 is 0 Å². The van der Waals surface area contributed by atoms with Gasteiger partial charge in [0, 0.05) is 30.1 Å². The number of carbonyl (C=O) groups is 2. The maximum Gasteiger partial charge on any atom is 0.316 e. The first-order valence-electron chi connectivity index (χ1n) is 6.22. The number of nitro groups is 1. The number of Topliss-reactive ketones (excluding diaryl/α,β-unsaturated/α-hetero) is 1. The Balaban J connectivity index is 3.17. The van der Waals surface area contributed by atoms with Crippen LogP contribution in [0.2, 0.25) is 0 Å². The Morgan fingerprint density at radius 3 is 2.56 bits per heavy atom. The second-order valence-corrected chi connectivity index (χ2v) is 4.75. The van der Waals surface area contributed by atoms with Crippen LogP contribution in [0.3, 0.4) is 0 Å². The molecule has 3 atom stereocenters. The van der Waals surface area contributed by atoms with E-state index in [4.69, 9.17) is 4.74 Å². The molecule has 0 saturated heterocycles. The zero-order valence-corrected chi connectivity index (χ0v) is 11.0. The molecule has 0 bridgehead atoms. The molecule has 1 rings (SSSR count). The monoisotopic (exact) mass is 257 g/mol. The van der Waals surface area contributed by atoms with Gasteiger partial charge in [-0.15, -0.1) is 0 Å². The number of rotatable bonds is 4. The molecule has 0 aromatic heterocycles. The van der Waals surface area contributed by atoms with E-state index in [1.165, 1.54) is 0 Å². The van der Waals surface area contributed by atoms with Crippen LogP contribution in [0, 0.1) is 22.0 Å². The molecule has 0 unspecified atom stereocenters. The lowest BCUT2D eigenvalue weighted by molar-refractivity contribution is -0.590. The van der Waals surface area contributed by atoms with E-state index >= 15 is 0 Å². The molecule has 0 amide bonds. The van der Waals surface area contributed by atoms with Crippen molar-refractivity contribution in [3.05, 3.63) is 10.1 Å². The van der Waals surface area contributed by atoms with E-state index in [1.807, 2.05) is 0 Å². The first-order valence-corrected chi connectivity index (χ1v) is 6.22. The summed E-state index contributed by atoms with van der Waals surface area (Å²) in [6, 6.07) is 0. The molecule has 0 N–H and O–H groups in total. The van der Waals surface area contributed by atoms with Crippen LogP contribution in [0.5, 0.6) is 0 Å². The summed E-state index contributed by atoms with van der Waals surface area (Å²) in [5.41, 5.74) is -1.37. The third kappa shape index (κ3) is 2.23. The van der Waals surface area contributed by atoms with Crippen molar-refractivity contribution in [2.75, 3.05) is 6.61 Å². The lowest BCUT2D eigenvalue weighted by Gasteiger charge is -2.38. The molecule has 18 heavy (non-hydrogen) atoms. The predicted molar refractivity (Wildman–Crippen MR) is 63.5 cm³/mol. The predicted octanol–water partition coefficient (Wildman–Crippen LogP) is 1.59. The summed E-state index contributed by atoms with van der Waals surface area (Å²) in [6.07, 6.45) is 0.292. The molecule has 1 aliphatic carbocycles. The van der Waals surface area contributed by atoms with Crippen molar-refractivity contribution in [2.45, 2.75) is 45.6 Å². The van der Waals surface area contributed by atoms with Gasteiger partial charge in [-0.05, 0) is 6.92 Å². The van der Waals surface area contributed by atoms with Gasteiger partial charge < -0.3 is 4.74 Å². The molecule has 1 fully saturated rings. The molecule has 0 aliphatic heterocycles. The Kier molecular flexibility index (Phi) is 4.43. The topological polar surface area (TPSA) is 86.5 Å². The second-order valence-electron chi connectivity index (χ2n) is 4.75. The lowest BCUT2D eigenvalue weighted by Crippen LogP contribution is -2.57. The quantitative estimate of drug-likeness (QED) is 0.433. The van der Waals surface area contributed by atoms with E-state index in [0.29, 0.717) is 0 Å². The Morgan fingerprint density at radius 2 is 2.11 bits per heavy atom. The highest BCUT2D eigenvalue weighted by atomic mass is 16.6. The van der Waals surface area contributed by atoms with Crippen molar-refractivity contribution < 1.29 is 19.2 Å². The smallest absolute Gasteiger partial charge is 0.316 e. The van der Waals surface area contributed by atoms with Gasteiger partial charge in [-0.3, -0.25) is 19.7 Å². The summed E-state index contributed by atoms with van der Waals surface area (Å²) in [6.45, 7) is 5.15. The average molecular weight is 257 g/mol. The number of carbonyl (C=O) groups excluding carboxylic acids is 2. The molecule has 6 nitrogen and oxygen atoms in total. The van der Waals surface area contributed by atoms with Crippen LogP contribution in [0.25, 0.3) is 0 Å². The summed E-state index contributed by atoms with van der Waals surface area (Å²) >= 11 is 0. The minimum absolute atomic E-state index is 0.0853. The third-order valence-corrected chi connectivity index (χ3v) is 3.90. The van der Waals surface area contributed by atoms with E-state index in [1.54, 1.807) is 20.8 Å². The number of ether oxygens (including phenoxy) is 1. The van der Waals surface area contributed by atoms with Crippen LogP contribution < -0.4 is 0 Å². The average Bonchev–Trinajstić information content (AvgIpc) is 2.28. The van der Waals surface area contributed by atoms with Gasteiger partial charge in [-0.2, -0.15) is 0 Å². The molecule has 102 valence electrons. The van der Waals surface area contributed by atoms with E-state index in [0.717, 1.165) is 0 Å². The van der Waals surface area contributed by atoms with Crippen LogP contribution in [-0.4, -0.2) is 28.8 Å². The third-order valence-electron chi connectivity index (χ3n) is 3.90. The van der Waals surface area contributed by atoms with Crippen molar-refractivity contribution in [3.8, 4) is 0 Å². The highest BCUT2D eigenvalue weighted by molar-refractivity contribution is 5.87. The normalized spacial score (nSPS) is 32.1. The van der Waals surface area contributed by atoms with Crippen molar-refractivity contribution in [3.63, 3.8) is 0 Å². The fourth-order valence-electron chi connectivity index (χ4n) is 2.91. The Labute approximate surface area is 106 Å². The zero-order valence-electron chi connectivity index (χ0n) is 11.0. The van der Waals surface area contributed by atoms with Crippen molar-refractivity contribution in [1.29, 1.82) is 0 Å². The fraction of sp³-hybridized carbons (Fsp3) is 0.833. The molecule has 0 radical (unpaired) electrons. The van der Waals surface area contributed by atoms with Crippen molar-refractivity contribution in [2.24, 2.45) is 11.8 Å². The lowest BCUT2D eigenvalue weighted by atomic mass is 9.65. The SMILES string of the molecule is CCOC(=O)[C@@H]1CC(=O)C[C@H](C)[C@]1(CC)[N+](=O)[O-]. The number of esters is 1. The summed E-state index contributed by atoms with van der Waals surface area (Å²) in [5, 5.41) is 11.4. The van der Waals surface area contributed by atoms with E-state index in [-0.39, 0.29) is 31.7 Å². The Morgan fingerprint density at radius 1 is 1.50 bits per heavy atom. The standard InChI is InChI=1S/C12H19NO5/c1-4-12(13(16)17)8(3)6-9(14)7-10(12)11(15)18-5-2/h8,10H,4-7H2,1-3H3/t8-,10-,12-/m0/s1. The van der Waals surface area contributed by atoms with Crippen LogP contribution in [0.4, 0.5) is 0 Å². The highest BCUT2D eigenvalue weighted by Gasteiger charge is 2.60. The number of ketones is 1. The number of hydrogen-bond donors (Lipinski definition) is 0. The molecule has 1 aliphatic rings. The van der Waals surface area contributed by atoms with Gasteiger partial charge in [0.2, 0.25) is 5.54 Å². The van der Waals surface area contributed by atoms with Crippen LogP contribution in [-0.2, 0) is 14.3 Å². The summed E-state index contributed by atoms with van der Waals surface area (Å²) < 4.78 is 4.89. The van der Waals surface area contributed by atoms with Gasteiger partial charge in [0.05, 0.1) is 6.61 Å². The van der Waals surface area contributed by atoms with Crippen LogP contribution in [0.1, 0.15) is 40.0 Å². The molecule has 0 spiro atoms. The minimum Gasteiger partial charge on any atom is -0.466 e. The van der Waals surface area contributed by atoms with E-state index < -0.39 is 28.3 Å². The van der Waals surface area contributed by atoms with Crippen molar-refractivity contribution in [1.82, 2.24) is 0 Å². The first-order chi connectivity index (χ1) is 8.40. The molecular formula is C12H19NO5. The van der Waals surface area contributed by atoms with Gasteiger partial charge >= 0.3 is 5.97 Å². The molecule has 0 aromatic rings. The number of nitrogens with zero attached hydrogens (tertiary/aromatic N) is 1. The van der Waals surface area contributed by atoms with Crippen molar-refractivity contribution >= 4 is 11.8 Å². The molecule has 0 aromatic carbocycles. The summed E-state index contributed by atoms with van der Waals surface area (Å²) in [7, 11) is 0. The molecule has 0 heterocycles. The van der Waals surface area contributed by atoms with Crippen LogP contribution in [0.15, 0.2) is 0 Å². The maximum atomic E-state index is 11.9. The summed E-state index contributed by atoms with van der Waals surface area (Å²) in [5.74, 6) is -2.15. The minimum atomic E-state index is -1.37. The molecular weight excluding hydrogens is 238 g/mol. The highest BCUT2D eigenvalue weighted by Crippen LogP contribution is 2.42. The van der Waals surface area contributed by atoms with Gasteiger partial charge in [0.1, 0.15) is 11.7 Å². The van der Waals surface area contributed by atoms with Gasteiger partial charge in [-0.1, -0.05) is 13.8 Å². The van der Waals surface area contributed by atoms with Gasteiger partial charge in [-0.25, -0.2) is 0 Å². The largest absolute Gasteiger partial charge is 0.466 e. The van der Waals surface area contributed by atoms with E-state index in [9.17, 15) is 19.7 Å². The van der Waals surface area contributed by atoms with E-state index in [2.05, 4.69) is 0 Å². The molecule has 6 heteroatoms. The Bertz CT molecular complexity index is 367.